The third-order valence-electron chi connectivity index (χ3n) is 3.50. The molecule has 0 radical (unpaired) electrons. The molecule has 0 aliphatic rings. The lowest BCUT2D eigenvalue weighted by molar-refractivity contribution is 0.0601. The number of benzene rings is 1. The van der Waals surface area contributed by atoms with Crippen molar-refractivity contribution in [1.82, 2.24) is 9.97 Å². The monoisotopic (exact) mass is 321 g/mol. The molecule has 0 unspecified atom stereocenters. The topological polar surface area (TPSA) is 81.2 Å². The van der Waals surface area contributed by atoms with Gasteiger partial charge in [0.05, 0.1) is 23.9 Å². The summed E-state index contributed by atoms with van der Waals surface area (Å²) in [7, 11) is 1.32. The molecule has 6 heteroatoms. The largest absolute Gasteiger partial charge is 0.465 e. The number of fused-ring (bicyclic) bond motifs is 1. The molecule has 1 N–H and O–H groups in total. The number of anilines is 1. The number of carbonyl (C=O) groups excluding carboxylic acids is 2. The highest BCUT2D eigenvalue weighted by molar-refractivity contribution is 6.08. The molecule has 0 spiro atoms. The highest BCUT2D eigenvalue weighted by Crippen LogP contribution is 2.25. The van der Waals surface area contributed by atoms with Crippen molar-refractivity contribution in [3.05, 3.63) is 65.6 Å². The van der Waals surface area contributed by atoms with Gasteiger partial charge in [0.1, 0.15) is 5.69 Å². The van der Waals surface area contributed by atoms with Crippen molar-refractivity contribution < 1.29 is 14.3 Å². The van der Waals surface area contributed by atoms with Crippen molar-refractivity contribution in [2.45, 2.75) is 6.92 Å². The lowest BCUT2D eigenvalue weighted by atomic mass is 10.1. The first-order valence-corrected chi connectivity index (χ1v) is 7.30. The Morgan fingerprint density at radius 3 is 2.67 bits per heavy atom. The summed E-state index contributed by atoms with van der Waals surface area (Å²) < 4.78 is 4.74. The number of nitrogens with one attached hydrogen (secondary N) is 1. The first-order chi connectivity index (χ1) is 11.6. The van der Waals surface area contributed by atoms with Crippen LogP contribution in [0, 0.1) is 6.92 Å². The van der Waals surface area contributed by atoms with Crippen LogP contribution in [0.5, 0.6) is 0 Å². The summed E-state index contributed by atoms with van der Waals surface area (Å²) in [5.74, 6) is -0.773. The van der Waals surface area contributed by atoms with Crippen molar-refractivity contribution in [1.29, 1.82) is 0 Å². The second kappa shape index (κ2) is 6.45. The van der Waals surface area contributed by atoms with Crippen LogP contribution in [0.2, 0.25) is 0 Å². The molecule has 1 amide bonds. The Kier molecular flexibility index (Phi) is 4.20. The van der Waals surface area contributed by atoms with E-state index in [0.29, 0.717) is 27.8 Å². The van der Waals surface area contributed by atoms with E-state index in [1.165, 1.54) is 7.11 Å². The zero-order valence-corrected chi connectivity index (χ0v) is 13.2. The number of amides is 1. The smallest absolute Gasteiger partial charge is 0.337 e. The molecule has 0 saturated heterocycles. The molecule has 2 heterocycles. The number of rotatable bonds is 3. The first kappa shape index (κ1) is 15.6. The van der Waals surface area contributed by atoms with Crippen molar-refractivity contribution in [2.75, 3.05) is 12.4 Å². The quantitative estimate of drug-likeness (QED) is 0.750. The first-order valence-electron chi connectivity index (χ1n) is 7.30. The Hall–Kier alpha value is -3.28. The van der Waals surface area contributed by atoms with Gasteiger partial charge in [0, 0.05) is 17.3 Å². The molecule has 6 nitrogen and oxygen atoms in total. The molecule has 24 heavy (non-hydrogen) atoms. The lowest BCUT2D eigenvalue weighted by Gasteiger charge is -2.10. The van der Waals surface area contributed by atoms with Gasteiger partial charge in [-0.15, -0.1) is 0 Å². The summed E-state index contributed by atoms with van der Waals surface area (Å²) in [5, 5.41) is 3.49. The molecule has 0 aliphatic heterocycles. The molecule has 3 aromatic rings. The Balaban J connectivity index is 2.05. The summed E-state index contributed by atoms with van der Waals surface area (Å²) in [6.07, 6.45) is 1.56. The van der Waals surface area contributed by atoms with E-state index in [0.717, 1.165) is 5.69 Å². The van der Waals surface area contributed by atoms with E-state index >= 15 is 0 Å². The van der Waals surface area contributed by atoms with Gasteiger partial charge in [0.2, 0.25) is 0 Å². The standard InChI is InChI=1S/C18H15N3O3/c1-11-9-16(21-17(22)15-5-3-4-8-19-15)13-10-12(18(23)24-2)6-7-14(13)20-11/h3-10H,1-2H3,(H,20,21,22). The third-order valence-corrected chi connectivity index (χ3v) is 3.50. The van der Waals surface area contributed by atoms with Gasteiger partial charge in [-0.3, -0.25) is 14.8 Å². The Morgan fingerprint density at radius 1 is 1.12 bits per heavy atom. The molecule has 1 aromatic carbocycles. The highest BCUT2D eigenvalue weighted by Gasteiger charge is 2.13. The highest BCUT2D eigenvalue weighted by atomic mass is 16.5. The molecule has 0 bridgehead atoms. The van der Waals surface area contributed by atoms with E-state index in [2.05, 4.69) is 15.3 Å². The number of aromatic nitrogens is 2. The molecule has 0 fully saturated rings. The minimum absolute atomic E-state index is 0.309. The number of aryl methyl sites for hydroxylation is 1. The lowest BCUT2D eigenvalue weighted by Crippen LogP contribution is -2.14. The normalized spacial score (nSPS) is 10.4. The number of methoxy groups -OCH3 is 1. The summed E-state index contributed by atoms with van der Waals surface area (Å²) in [6, 6.07) is 11.9. The number of carbonyl (C=O) groups is 2. The summed E-state index contributed by atoms with van der Waals surface area (Å²) in [6.45, 7) is 1.84. The number of hydrogen-bond donors (Lipinski definition) is 1. The maximum atomic E-state index is 12.4. The van der Waals surface area contributed by atoms with E-state index in [-0.39, 0.29) is 5.91 Å². The summed E-state index contributed by atoms with van der Waals surface area (Å²) in [5.41, 5.74) is 2.70. The molecule has 2 aromatic heterocycles. The van der Waals surface area contributed by atoms with Crippen LogP contribution >= 0.6 is 0 Å². The zero-order valence-electron chi connectivity index (χ0n) is 13.2. The van der Waals surface area contributed by atoms with Crippen LogP contribution in [0.4, 0.5) is 5.69 Å². The minimum Gasteiger partial charge on any atom is -0.465 e. The fraction of sp³-hybridized carbons (Fsp3) is 0.111. The summed E-state index contributed by atoms with van der Waals surface area (Å²) >= 11 is 0. The van der Waals surface area contributed by atoms with Crippen LogP contribution in [-0.2, 0) is 4.74 Å². The molecule has 0 atom stereocenters. The predicted octanol–water partition coefficient (Wildman–Crippen LogP) is 2.98. The molecule has 3 rings (SSSR count). The summed E-state index contributed by atoms with van der Waals surface area (Å²) in [4.78, 5) is 32.6. The van der Waals surface area contributed by atoms with Gasteiger partial charge in [-0.2, -0.15) is 0 Å². The van der Waals surface area contributed by atoms with Crippen LogP contribution in [0.3, 0.4) is 0 Å². The molecule has 120 valence electrons. The predicted molar refractivity (Wildman–Crippen MR) is 90.0 cm³/mol. The van der Waals surface area contributed by atoms with Crippen molar-refractivity contribution in [3.63, 3.8) is 0 Å². The minimum atomic E-state index is -0.445. The van der Waals surface area contributed by atoms with E-state index in [4.69, 9.17) is 4.74 Å². The van der Waals surface area contributed by atoms with Gasteiger partial charge in [-0.05, 0) is 43.3 Å². The van der Waals surface area contributed by atoms with Crippen molar-refractivity contribution >= 4 is 28.5 Å². The fourth-order valence-electron chi connectivity index (χ4n) is 2.39. The maximum absolute atomic E-state index is 12.4. The zero-order chi connectivity index (χ0) is 17.1. The van der Waals surface area contributed by atoms with Gasteiger partial charge in [0.25, 0.3) is 5.91 Å². The average molecular weight is 321 g/mol. The Bertz CT molecular complexity index is 923. The number of nitrogens with zero attached hydrogens (tertiary/aromatic N) is 2. The fourth-order valence-corrected chi connectivity index (χ4v) is 2.39. The van der Waals surface area contributed by atoms with Gasteiger partial charge in [0.15, 0.2) is 0 Å². The van der Waals surface area contributed by atoms with E-state index in [9.17, 15) is 9.59 Å². The van der Waals surface area contributed by atoms with E-state index < -0.39 is 5.97 Å². The van der Waals surface area contributed by atoms with Gasteiger partial charge in [-0.25, -0.2) is 4.79 Å². The van der Waals surface area contributed by atoms with Crippen LogP contribution in [-0.4, -0.2) is 29.0 Å². The third kappa shape index (κ3) is 3.08. The van der Waals surface area contributed by atoms with Gasteiger partial charge in [-0.1, -0.05) is 6.07 Å². The average Bonchev–Trinajstić information content (AvgIpc) is 2.61. The van der Waals surface area contributed by atoms with E-state index in [1.54, 1.807) is 48.7 Å². The number of pyridine rings is 2. The second-order valence-electron chi connectivity index (χ2n) is 5.20. The van der Waals surface area contributed by atoms with Crippen molar-refractivity contribution in [2.24, 2.45) is 0 Å². The maximum Gasteiger partial charge on any atom is 0.337 e. The Labute approximate surface area is 138 Å². The van der Waals surface area contributed by atoms with Gasteiger partial charge >= 0.3 is 5.97 Å². The molecular weight excluding hydrogens is 306 g/mol. The number of esters is 1. The van der Waals surface area contributed by atoms with Crippen molar-refractivity contribution in [3.8, 4) is 0 Å². The SMILES string of the molecule is COC(=O)c1ccc2nc(C)cc(NC(=O)c3ccccn3)c2c1. The number of hydrogen-bond acceptors (Lipinski definition) is 5. The van der Waals surface area contributed by atoms with Crippen LogP contribution < -0.4 is 5.32 Å². The molecular formula is C18H15N3O3. The van der Waals surface area contributed by atoms with Gasteiger partial charge < -0.3 is 10.1 Å². The van der Waals surface area contributed by atoms with E-state index in [1.807, 2.05) is 6.92 Å². The Morgan fingerprint density at radius 2 is 1.96 bits per heavy atom. The molecule has 0 aliphatic carbocycles. The van der Waals surface area contributed by atoms with Crippen LogP contribution in [0.15, 0.2) is 48.7 Å². The van der Waals surface area contributed by atoms with Crippen LogP contribution in [0.1, 0.15) is 26.5 Å². The number of ether oxygens (including phenoxy) is 1. The second-order valence-corrected chi connectivity index (χ2v) is 5.20. The molecule has 0 saturated carbocycles. The van der Waals surface area contributed by atoms with Crippen LogP contribution in [0.25, 0.3) is 10.9 Å².